The zero-order valence-corrected chi connectivity index (χ0v) is 16.3. The SMILES string of the molecule is CCN1C(=O)C[C@@H](C(=O)Nc2ccc(F)cc2)SC1=Nc1ccc(OC)cc1. The molecule has 0 unspecified atom stereocenters. The Balaban J connectivity index is 1.78. The number of nitrogens with one attached hydrogen (secondary N) is 1. The molecule has 1 aliphatic rings. The molecule has 0 radical (unpaired) electrons. The Bertz CT molecular complexity index is 885. The van der Waals surface area contributed by atoms with Crippen LogP contribution in [0.2, 0.25) is 0 Å². The molecule has 1 atom stereocenters. The number of methoxy groups -OCH3 is 1. The third-order valence-corrected chi connectivity index (χ3v) is 5.34. The zero-order valence-electron chi connectivity index (χ0n) is 15.5. The maximum absolute atomic E-state index is 13.0. The Morgan fingerprint density at radius 3 is 2.54 bits per heavy atom. The summed E-state index contributed by atoms with van der Waals surface area (Å²) in [5.74, 6) is -0.149. The van der Waals surface area contributed by atoms with Gasteiger partial charge in [-0.1, -0.05) is 11.8 Å². The number of halogens is 1. The molecule has 8 heteroatoms. The van der Waals surface area contributed by atoms with Gasteiger partial charge in [-0.25, -0.2) is 9.38 Å². The Kier molecular flexibility index (Phi) is 6.30. The van der Waals surface area contributed by atoms with Crippen LogP contribution in [0.15, 0.2) is 53.5 Å². The summed E-state index contributed by atoms with van der Waals surface area (Å²) in [5.41, 5.74) is 1.14. The summed E-state index contributed by atoms with van der Waals surface area (Å²) in [5, 5.41) is 2.58. The fourth-order valence-electron chi connectivity index (χ4n) is 2.68. The summed E-state index contributed by atoms with van der Waals surface area (Å²) in [6, 6.07) is 12.6. The molecule has 0 saturated carbocycles. The van der Waals surface area contributed by atoms with E-state index in [2.05, 4.69) is 10.3 Å². The standard InChI is InChI=1S/C20H20FN3O3S/c1-3-24-18(25)12-17(19(26)22-14-6-4-13(21)5-7-14)28-20(24)23-15-8-10-16(27-2)11-9-15/h4-11,17H,3,12H2,1-2H3,(H,22,26)/t17-/m0/s1. The minimum Gasteiger partial charge on any atom is -0.497 e. The number of benzene rings is 2. The van der Waals surface area contributed by atoms with Crippen molar-refractivity contribution in [1.29, 1.82) is 0 Å². The van der Waals surface area contributed by atoms with Gasteiger partial charge in [0.05, 0.1) is 12.8 Å². The Hall–Kier alpha value is -2.87. The molecule has 28 heavy (non-hydrogen) atoms. The van der Waals surface area contributed by atoms with Gasteiger partial charge >= 0.3 is 0 Å². The van der Waals surface area contributed by atoms with Crippen LogP contribution in [0.25, 0.3) is 0 Å². The van der Waals surface area contributed by atoms with E-state index in [0.29, 0.717) is 28.8 Å². The van der Waals surface area contributed by atoms with E-state index in [1.54, 1.807) is 36.3 Å². The second kappa shape index (κ2) is 8.88. The van der Waals surface area contributed by atoms with Gasteiger partial charge < -0.3 is 10.1 Å². The molecule has 2 aromatic carbocycles. The molecule has 1 N–H and O–H groups in total. The summed E-state index contributed by atoms with van der Waals surface area (Å²) in [7, 11) is 1.58. The number of amides is 2. The molecule has 0 bridgehead atoms. The second-order valence-corrected chi connectivity index (χ2v) is 7.21. The molecule has 0 spiro atoms. The van der Waals surface area contributed by atoms with E-state index in [1.807, 2.05) is 6.92 Å². The molecule has 2 aromatic rings. The number of carbonyl (C=O) groups is 2. The molecule has 6 nitrogen and oxygen atoms in total. The number of ether oxygens (including phenoxy) is 1. The number of amidine groups is 1. The molecule has 1 heterocycles. The average Bonchev–Trinajstić information content (AvgIpc) is 2.70. The smallest absolute Gasteiger partial charge is 0.238 e. The lowest BCUT2D eigenvalue weighted by atomic mass is 10.2. The van der Waals surface area contributed by atoms with E-state index in [9.17, 15) is 14.0 Å². The first-order valence-electron chi connectivity index (χ1n) is 8.76. The van der Waals surface area contributed by atoms with Crippen molar-refractivity contribution in [1.82, 2.24) is 4.90 Å². The van der Waals surface area contributed by atoms with Gasteiger partial charge in [-0.15, -0.1) is 0 Å². The fraction of sp³-hybridized carbons (Fsp3) is 0.250. The lowest BCUT2D eigenvalue weighted by molar-refractivity contribution is -0.129. The summed E-state index contributed by atoms with van der Waals surface area (Å²) < 4.78 is 18.2. The number of aliphatic imine (C=N–C) groups is 1. The topological polar surface area (TPSA) is 71.0 Å². The van der Waals surface area contributed by atoms with Gasteiger partial charge in [0.2, 0.25) is 11.8 Å². The minimum atomic E-state index is -0.614. The predicted octanol–water partition coefficient (Wildman–Crippen LogP) is 3.81. The van der Waals surface area contributed by atoms with Crippen molar-refractivity contribution in [2.45, 2.75) is 18.6 Å². The molecule has 2 amide bonds. The Morgan fingerprint density at radius 2 is 1.93 bits per heavy atom. The number of thioether (sulfide) groups is 1. The number of hydrogen-bond donors (Lipinski definition) is 1. The molecular formula is C20H20FN3O3S. The maximum atomic E-state index is 13.0. The fourth-order valence-corrected chi connectivity index (χ4v) is 3.84. The van der Waals surface area contributed by atoms with Crippen LogP contribution < -0.4 is 10.1 Å². The van der Waals surface area contributed by atoms with Crippen molar-refractivity contribution in [3.05, 3.63) is 54.3 Å². The van der Waals surface area contributed by atoms with Crippen LogP contribution in [-0.4, -0.2) is 40.8 Å². The first kappa shape index (κ1) is 19.9. The van der Waals surface area contributed by atoms with E-state index >= 15 is 0 Å². The maximum Gasteiger partial charge on any atom is 0.238 e. The lowest BCUT2D eigenvalue weighted by Crippen LogP contribution is -2.45. The normalized spacial score (nSPS) is 18.2. The van der Waals surface area contributed by atoms with Crippen LogP contribution in [0, 0.1) is 5.82 Å². The largest absolute Gasteiger partial charge is 0.497 e. The van der Waals surface area contributed by atoms with E-state index < -0.39 is 5.25 Å². The number of nitrogens with zero attached hydrogens (tertiary/aromatic N) is 2. The molecule has 3 rings (SSSR count). The molecule has 0 aromatic heterocycles. The van der Waals surface area contributed by atoms with Gasteiger partial charge in [-0.05, 0) is 55.5 Å². The summed E-state index contributed by atoms with van der Waals surface area (Å²) in [6.07, 6.45) is 0.0766. The number of anilines is 1. The van der Waals surface area contributed by atoms with Crippen molar-refractivity contribution < 1.29 is 18.7 Å². The third-order valence-electron chi connectivity index (χ3n) is 4.16. The zero-order chi connectivity index (χ0) is 20.1. The van der Waals surface area contributed by atoms with E-state index in [1.165, 1.54) is 36.0 Å². The van der Waals surface area contributed by atoms with Crippen molar-refractivity contribution in [2.75, 3.05) is 19.0 Å². The summed E-state index contributed by atoms with van der Waals surface area (Å²) in [4.78, 5) is 31.2. The highest BCUT2D eigenvalue weighted by Gasteiger charge is 2.35. The van der Waals surface area contributed by atoms with Crippen LogP contribution >= 0.6 is 11.8 Å². The molecule has 146 valence electrons. The van der Waals surface area contributed by atoms with E-state index in [0.717, 1.165) is 0 Å². The highest BCUT2D eigenvalue weighted by atomic mass is 32.2. The molecule has 1 aliphatic heterocycles. The Morgan fingerprint density at radius 1 is 1.25 bits per heavy atom. The molecular weight excluding hydrogens is 381 g/mol. The molecule has 1 fully saturated rings. The van der Waals surface area contributed by atoms with Crippen LogP contribution in [0.3, 0.4) is 0 Å². The monoisotopic (exact) mass is 401 g/mol. The van der Waals surface area contributed by atoms with Gasteiger partial charge in [0.25, 0.3) is 0 Å². The van der Waals surface area contributed by atoms with Crippen LogP contribution in [0.1, 0.15) is 13.3 Å². The van der Waals surface area contributed by atoms with Gasteiger partial charge in [-0.3, -0.25) is 14.5 Å². The van der Waals surface area contributed by atoms with Crippen LogP contribution in [-0.2, 0) is 9.59 Å². The lowest BCUT2D eigenvalue weighted by Gasteiger charge is -2.30. The van der Waals surface area contributed by atoms with E-state index in [-0.39, 0.29) is 24.1 Å². The summed E-state index contributed by atoms with van der Waals surface area (Å²) >= 11 is 1.24. The second-order valence-electron chi connectivity index (χ2n) is 6.04. The number of hydrogen-bond acceptors (Lipinski definition) is 5. The van der Waals surface area contributed by atoms with Gasteiger partial charge in [0.1, 0.15) is 16.8 Å². The van der Waals surface area contributed by atoms with Crippen molar-refractivity contribution in [3.8, 4) is 5.75 Å². The van der Waals surface area contributed by atoms with Gasteiger partial charge in [0.15, 0.2) is 5.17 Å². The van der Waals surface area contributed by atoms with Gasteiger partial charge in [-0.2, -0.15) is 0 Å². The average molecular weight is 401 g/mol. The minimum absolute atomic E-state index is 0.0766. The van der Waals surface area contributed by atoms with Crippen LogP contribution in [0.4, 0.5) is 15.8 Å². The predicted molar refractivity (Wildman–Crippen MR) is 109 cm³/mol. The van der Waals surface area contributed by atoms with Crippen molar-refractivity contribution in [3.63, 3.8) is 0 Å². The molecule has 0 aliphatic carbocycles. The third kappa shape index (κ3) is 4.69. The molecule has 1 saturated heterocycles. The number of carbonyl (C=O) groups excluding carboxylic acids is 2. The van der Waals surface area contributed by atoms with Crippen LogP contribution in [0.5, 0.6) is 5.75 Å². The van der Waals surface area contributed by atoms with Gasteiger partial charge in [0, 0.05) is 18.7 Å². The number of rotatable bonds is 5. The quantitative estimate of drug-likeness (QED) is 0.827. The van der Waals surface area contributed by atoms with Crippen molar-refractivity contribution in [2.24, 2.45) is 4.99 Å². The van der Waals surface area contributed by atoms with E-state index in [4.69, 9.17) is 4.74 Å². The van der Waals surface area contributed by atoms with Crippen molar-refractivity contribution >= 4 is 40.1 Å². The first-order chi connectivity index (χ1) is 13.5. The Labute approximate surface area is 166 Å². The highest BCUT2D eigenvalue weighted by molar-refractivity contribution is 8.15. The highest BCUT2D eigenvalue weighted by Crippen LogP contribution is 2.30. The summed E-state index contributed by atoms with van der Waals surface area (Å²) in [6.45, 7) is 2.33. The first-order valence-corrected chi connectivity index (χ1v) is 9.64.